The van der Waals surface area contributed by atoms with E-state index in [1.165, 1.54) is 13.8 Å². The number of aliphatic hydroxyl groups excluding tert-OH is 1. The number of ketones is 1. The normalized spacial score (nSPS) is 4.40. The summed E-state index contributed by atoms with van der Waals surface area (Å²) in [6.45, 7) is 4.99. The van der Waals surface area contributed by atoms with Gasteiger partial charge in [-0.2, -0.15) is 0 Å². The van der Waals surface area contributed by atoms with Gasteiger partial charge in [-0.15, -0.1) is 0 Å². The fourth-order valence-corrected chi connectivity index (χ4v) is 0. The predicted octanol–water partition coefficient (Wildman–Crippen LogP) is -2.84. The number of hydrogen-bond donors (Lipinski definition) is 1. The number of rotatable bonds is 0. The Morgan fingerprint density at radius 3 is 1.50 bits per heavy atom. The SMILES string of the molecule is C.CC(C)=O.CCO.[AlH3].[H-].[Li+]. The van der Waals surface area contributed by atoms with Crippen molar-refractivity contribution in [3.63, 3.8) is 0 Å². The second-order valence-electron chi connectivity index (χ2n) is 1.22. The number of Topliss-reactive ketones (excluding diaryl/α,β-unsaturated/α-hetero) is 1. The quantitative estimate of drug-likeness (QED) is 0.386. The van der Waals surface area contributed by atoms with Crippen molar-refractivity contribution < 1.29 is 30.2 Å². The minimum Gasteiger partial charge on any atom is -1.00 e. The Kier molecular flexibility index (Phi) is 102. The van der Waals surface area contributed by atoms with Gasteiger partial charge in [-0.1, -0.05) is 7.43 Å². The molecule has 10 heavy (non-hydrogen) atoms. The van der Waals surface area contributed by atoms with Crippen molar-refractivity contribution in [1.29, 1.82) is 0 Å². The van der Waals surface area contributed by atoms with E-state index in [0.29, 0.717) is 0 Å². The van der Waals surface area contributed by atoms with Crippen molar-refractivity contribution in [2.24, 2.45) is 0 Å². The average Bonchev–Trinajstić information content (AvgIpc) is 1.33. The van der Waals surface area contributed by atoms with Crippen molar-refractivity contribution in [2.75, 3.05) is 6.61 Å². The molecule has 0 heterocycles. The first-order valence-electron chi connectivity index (χ1n) is 2.23. The predicted molar refractivity (Wildman–Crippen MR) is 46.9 cm³/mol. The van der Waals surface area contributed by atoms with E-state index in [4.69, 9.17) is 5.11 Å². The Bertz CT molecular complexity index is 51.8. The minimum absolute atomic E-state index is 0. The van der Waals surface area contributed by atoms with Gasteiger partial charge >= 0.3 is 18.9 Å². The van der Waals surface area contributed by atoms with Crippen molar-refractivity contribution in [3.05, 3.63) is 0 Å². The Morgan fingerprint density at radius 2 is 1.50 bits per heavy atom. The maximum absolute atomic E-state index is 9.44. The van der Waals surface area contributed by atoms with Gasteiger partial charge in [0.15, 0.2) is 17.4 Å². The monoisotopic (exact) mass is 158 g/mol. The molecule has 0 aliphatic heterocycles. The zero-order valence-corrected chi connectivity index (χ0v) is 6.06. The third-order valence-corrected chi connectivity index (χ3v) is 0. The van der Waals surface area contributed by atoms with Gasteiger partial charge in [0.1, 0.15) is 5.78 Å². The molecule has 0 aromatic heterocycles. The maximum atomic E-state index is 9.44. The first-order chi connectivity index (χ1) is 3.15. The van der Waals surface area contributed by atoms with Gasteiger partial charge in [-0.3, -0.25) is 0 Å². The molecule has 0 aliphatic rings. The zero-order valence-electron chi connectivity index (χ0n) is 7.06. The molecular formula is C6H20AlLiO2. The molecule has 0 amide bonds. The van der Waals surface area contributed by atoms with Crippen LogP contribution < -0.4 is 18.9 Å². The summed E-state index contributed by atoms with van der Waals surface area (Å²) < 4.78 is 0. The molecule has 0 aromatic rings. The summed E-state index contributed by atoms with van der Waals surface area (Å²) in [5, 5.41) is 7.57. The van der Waals surface area contributed by atoms with Crippen molar-refractivity contribution in [1.82, 2.24) is 0 Å². The first kappa shape index (κ1) is 30.9. The molecule has 0 aliphatic carbocycles. The van der Waals surface area contributed by atoms with Gasteiger partial charge in [0.05, 0.1) is 0 Å². The van der Waals surface area contributed by atoms with Crippen LogP contribution in [0, 0.1) is 0 Å². The topological polar surface area (TPSA) is 37.3 Å². The summed E-state index contributed by atoms with van der Waals surface area (Å²) >= 11 is 0. The van der Waals surface area contributed by atoms with Crippen LogP contribution in [0.1, 0.15) is 29.6 Å². The van der Waals surface area contributed by atoms with Crippen molar-refractivity contribution in [3.8, 4) is 0 Å². The summed E-state index contributed by atoms with van der Waals surface area (Å²) in [6.07, 6.45) is 0. The second-order valence-corrected chi connectivity index (χ2v) is 1.22. The Balaban J connectivity index is -0.00000000848. The Hall–Kier alpha value is 0.760. The zero-order chi connectivity index (χ0) is 6.28. The number of aliphatic hydroxyl groups is 1. The second kappa shape index (κ2) is 33.1. The van der Waals surface area contributed by atoms with Crippen LogP contribution in [0.25, 0.3) is 0 Å². The maximum Gasteiger partial charge on any atom is 1.00 e. The molecule has 0 radical (unpaired) electrons. The molecule has 0 bridgehead atoms. The van der Waals surface area contributed by atoms with Gasteiger partial charge in [0.25, 0.3) is 0 Å². The molecular weight excluding hydrogens is 138 g/mol. The molecule has 4 heteroatoms. The molecule has 0 saturated carbocycles. The number of carbonyl (C=O) groups excluding carboxylic acids is 1. The van der Waals surface area contributed by atoms with Gasteiger partial charge in [-0.05, 0) is 20.8 Å². The van der Waals surface area contributed by atoms with E-state index in [2.05, 4.69) is 0 Å². The van der Waals surface area contributed by atoms with Crippen LogP contribution in [0.2, 0.25) is 0 Å². The third kappa shape index (κ3) is 914. The van der Waals surface area contributed by atoms with Crippen LogP contribution in [0.5, 0.6) is 0 Å². The molecule has 0 saturated heterocycles. The van der Waals surface area contributed by atoms with E-state index in [1.54, 1.807) is 6.92 Å². The molecule has 2 nitrogen and oxygen atoms in total. The van der Waals surface area contributed by atoms with Crippen molar-refractivity contribution in [2.45, 2.75) is 28.2 Å². The van der Waals surface area contributed by atoms with Crippen molar-refractivity contribution >= 4 is 23.1 Å². The van der Waals surface area contributed by atoms with Gasteiger partial charge in [0.2, 0.25) is 0 Å². The standard InChI is InChI=1S/C3H6O.C2H6O.CH4.Al.Li.4H/c1-3(2)4;1-2-3;;;;;;;/h1-2H3;3H,2H2,1H3;1H4;;;;;;/q;;;;+1;;;;-1. The third-order valence-electron chi connectivity index (χ3n) is 0. The number of hydrogen-bond acceptors (Lipinski definition) is 2. The van der Waals surface area contributed by atoms with E-state index in [-0.39, 0.29) is 57.5 Å². The van der Waals surface area contributed by atoms with Gasteiger partial charge < -0.3 is 11.3 Å². The molecule has 0 fully saturated rings. The van der Waals surface area contributed by atoms with Crippen LogP contribution in [0.3, 0.4) is 0 Å². The van der Waals surface area contributed by atoms with E-state index < -0.39 is 0 Å². The fraction of sp³-hybridized carbons (Fsp3) is 0.833. The molecule has 0 aromatic carbocycles. The first-order valence-corrected chi connectivity index (χ1v) is 2.23. The van der Waals surface area contributed by atoms with E-state index in [1.807, 2.05) is 0 Å². The van der Waals surface area contributed by atoms with E-state index in [0.717, 1.165) is 0 Å². The van der Waals surface area contributed by atoms with Crippen LogP contribution >= 0.6 is 0 Å². The molecule has 0 unspecified atom stereocenters. The molecule has 0 spiro atoms. The molecule has 0 rings (SSSR count). The summed E-state index contributed by atoms with van der Waals surface area (Å²) in [6, 6.07) is 0. The smallest absolute Gasteiger partial charge is 1.00 e. The Morgan fingerprint density at radius 1 is 1.50 bits per heavy atom. The molecule has 0 atom stereocenters. The summed E-state index contributed by atoms with van der Waals surface area (Å²) in [5.74, 6) is 0.167. The van der Waals surface area contributed by atoms with Crippen LogP contribution in [-0.4, -0.2) is 34.9 Å². The molecule has 60 valence electrons. The Labute approximate surface area is 88.2 Å². The van der Waals surface area contributed by atoms with Gasteiger partial charge in [-0.25, -0.2) is 0 Å². The fourth-order valence-electron chi connectivity index (χ4n) is 0. The summed E-state index contributed by atoms with van der Waals surface area (Å²) in [7, 11) is 0. The summed E-state index contributed by atoms with van der Waals surface area (Å²) in [4.78, 5) is 9.44. The minimum atomic E-state index is 0. The van der Waals surface area contributed by atoms with Crippen LogP contribution in [-0.2, 0) is 4.79 Å². The van der Waals surface area contributed by atoms with E-state index >= 15 is 0 Å². The molecule has 1 N–H and O–H groups in total. The average molecular weight is 158 g/mol. The van der Waals surface area contributed by atoms with Crippen LogP contribution in [0.4, 0.5) is 0 Å². The van der Waals surface area contributed by atoms with Gasteiger partial charge in [0, 0.05) is 6.61 Å². The largest absolute Gasteiger partial charge is 1.00 e. The summed E-state index contributed by atoms with van der Waals surface area (Å²) in [5.41, 5.74) is 0. The van der Waals surface area contributed by atoms with Crippen LogP contribution in [0.15, 0.2) is 0 Å². The number of carbonyl (C=O) groups is 1. The van der Waals surface area contributed by atoms with E-state index in [9.17, 15) is 4.79 Å².